The molecule has 8 heteroatoms. The van der Waals surface area contributed by atoms with Crippen LogP contribution in [0.15, 0.2) is 77.7 Å². The van der Waals surface area contributed by atoms with Crippen LogP contribution < -0.4 is 14.8 Å². The molecule has 0 saturated heterocycles. The predicted molar refractivity (Wildman–Crippen MR) is 132 cm³/mol. The molecule has 2 N–H and O–H groups in total. The van der Waals surface area contributed by atoms with Crippen LogP contribution in [-0.2, 0) is 10.0 Å². The number of nitrogens with zero attached hydrogens (tertiary/aromatic N) is 2. The standard InChI is InChI=1S/C25H26N4O3S/c1-3-4-17-32-20-13-11-19(12-14-20)26-24-25(28-23-8-6-5-7-22(23)27-24)29-33(30,31)21-15-9-18(2)10-16-21/h5-16H,3-4,17H2,1-2H3,(H,26,27)(H,28,29). The molecule has 0 atom stereocenters. The number of unbranched alkanes of at least 4 members (excludes halogenated alkanes) is 1. The molecule has 0 saturated carbocycles. The second-order valence-corrected chi connectivity index (χ2v) is 9.36. The zero-order valence-corrected chi connectivity index (χ0v) is 19.4. The molecule has 1 heterocycles. The van der Waals surface area contributed by atoms with E-state index in [4.69, 9.17) is 4.74 Å². The molecule has 0 fully saturated rings. The summed E-state index contributed by atoms with van der Waals surface area (Å²) < 4.78 is 34.3. The van der Waals surface area contributed by atoms with Crippen molar-refractivity contribution in [3.8, 4) is 5.75 Å². The molecule has 0 spiro atoms. The van der Waals surface area contributed by atoms with Crippen molar-refractivity contribution in [2.24, 2.45) is 0 Å². The van der Waals surface area contributed by atoms with Crippen LogP contribution in [0.5, 0.6) is 5.75 Å². The summed E-state index contributed by atoms with van der Waals surface area (Å²) in [5.74, 6) is 1.21. The summed E-state index contributed by atoms with van der Waals surface area (Å²) in [6.45, 7) is 4.69. The van der Waals surface area contributed by atoms with Gasteiger partial charge in [0.15, 0.2) is 11.6 Å². The first kappa shape index (κ1) is 22.5. The average molecular weight is 463 g/mol. The number of benzene rings is 3. The van der Waals surface area contributed by atoms with E-state index in [-0.39, 0.29) is 10.7 Å². The number of hydrogen-bond acceptors (Lipinski definition) is 6. The molecule has 4 aromatic rings. The normalized spacial score (nSPS) is 11.3. The second-order valence-electron chi connectivity index (χ2n) is 7.68. The maximum Gasteiger partial charge on any atom is 0.263 e. The molecule has 0 bridgehead atoms. The number of para-hydroxylation sites is 2. The lowest BCUT2D eigenvalue weighted by Gasteiger charge is -2.14. The third-order valence-electron chi connectivity index (χ3n) is 5.02. The molecule has 7 nitrogen and oxygen atoms in total. The third kappa shape index (κ3) is 5.59. The van der Waals surface area contributed by atoms with Crippen molar-refractivity contribution in [1.29, 1.82) is 0 Å². The number of anilines is 3. The van der Waals surface area contributed by atoms with Gasteiger partial charge in [-0.25, -0.2) is 18.4 Å². The van der Waals surface area contributed by atoms with Crippen molar-refractivity contribution >= 4 is 38.4 Å². The zero-order valence-electron chi connectivity index (χ0n) is 18.6. The van der Waals surface area contributed by atoms with Gasteiger partial charge in [-0.2, -0.15) is 0 Å². The molecule has 3 aromatic carbocycles. The second kappa shape index (κ2) is 9.87. The lowest BCUT2D eigenvalue weighted by atomic mass is 10.2. The number of ether oxygens (including phenoxy) is 1. The van der Waals surface area contributed by atoms with Crippen molar-refractivity contribution < 1.29 is 13.2 Å². The van der Waals surface area contributed by atoms with Gasteiger partial charge in [-0.3, -0.25) is 4.72 Å². The summed E-state index contributed by atoms with van der Waals surface area (Å²) in [5, 5.41) is 3.19. The van der Waals surface area contributed by atoms with Gasteiger partial charge in [-0.05, 0) is 61.9 Å². The molecular weight excluding hydrogens is 436 g/mol. The van der Waals surface area contributed by atoms with Crippen LogP contribution in [0.25, 0.3) is 11.0 Å². The summed E-state index contributed by atoms with van der Waals surface area (Å²) in [7, 11) is -3.85. The highest BCUT2D eigenvalue weighted by atomic mass is 32.2. The Morgan fingerprint density at radius 3 is 2.12 bits per heavy atom. The summed E-state index contributed by atoms with van der Waals surface area (Å²) in [5.41, 5.74) is 2.95. The van der Waals surface area contributed by atoms with Crippen molar-refractivity contribution in [2.75, 3.05) is 16.6 Å². The number of nitrogens with one attached hydrogen (secondary N) is 2. The third-order valence-corrected chi connectivity index (χ3v) is 6.37. The molecule has 0 unspecified atom stereocenters. The highest BCUT2D eigenvalue weighted by Gasteiger charge is 2.19. The number of aromatic nitrogens is 2. The van der Waals surface area contributed by atoms with E-state index in [2.05, 4.69) is 26.9 Å². The first-order valence-electron chi connectivity index (χ1n) is 10.8. The lowest BCUT2D eigenvalue weighted by Crippen LogP contribution is -2.16. The molecule has 0 radical (unpaired) electrons. The molecule has 33 heavy (non-hydrogen) atoms. The first-order valence-corrected chi connectivity index (χ1v) is 12.3. The van der Waals surface area contributed by atoms with Crippen LogP contribution in [-0.4, -0.2) is 25.0 Å². The van der Waals surface area contributed by atoms with E-state index < -0.39 is 10.0 Å². The summed E-state index contributed by atoms with van der Waals surface area (Å²) >= 11 is 0. The van der Waals surface area contributed by atoms with E-state index >= 15 is 0 Å². The van der Waals surface area contributed by atoms with Gasteiger partial charge in [-0.1, -0.05) is 43.2 Å². The first-order chi connectivity index (χ1) is 15.9. The minimum Gasteiger partial charge on any atom is -0.494 e. The Kier molecular flexibility index (Phi) is 6.74. The van der Waals surface area contributed by atoms with Crippen molar-refractivity contribution in [3.63, 3.8) is 0 Å². The van der Waals surface area contributed by atoms with Crippen LogP contribution >= 0.6 is 0 Å². The van der Waals surface area contributed by atoms with Gasteiger partial charge in [0.25, 0.3) is 10.0 Å². The van der Waals surface area contributed by atoms with Gasteiger partial charge in [-0.15, -0.1) is 0 Å². The van der Waals surface area contributed by atoms with E-state index in [1.807, 2.05) is 49.4 Å². The molecule has 0 aliphatic rings. The number of sulfonamides is 1. The van der Waals surface area contributed by atoms with Crippen molar-refractivity contribution in [1.82, 2.24) is 9.97 Å². The van der Waals surface area contributed by atoms with E-state index in [0.29, 0.717) is 23.5 Å². The Bertz CT molecular complexity index is 1340. The fourth-order valence-corrected chi connectivity index (χ4v) is 4.18. The van der Waals surface area contributed by atoms with Crippen LogP contribution in [0.4, 0.5) is 17.3 Å². The van der Waals surface area contributed by atoms with Gasteiger partial charge >= 0.3 is 0 Å². The molecule has 0 aliphatic heterocycles. The zero-order chi connectivity index (χ0) is 23.3. The quantitative estimate of drug-likeness (QED) is 0.312. The van der Waals surface area contributed by atoms with Crippen molar-refractivity contribution in [2.45, 2.75) is 31.6 Å². The fourth-order valence-electron chi connectivity index (χ4n) is 3.17. The van der Waals surface area contributed by atoms with Crippen LogP contribution in [0.3, 0.4) is 0 Å². The van der Waals surface area contributed by atoms with Gasteiger partial charge in [0.1, 0.15) is 5.75 Å². The van der Waals surface area contributed by atoms with E-state index in [9.17, 15) is 8.42 Å². The number of hydrogen-bond donors (Lipinski definition) is 2. The summed E-state index contributed by atoms with van der Waals surface area (Å²) in [4.78, 5) is 9.30. The van der Waals surface area contributed by atoms with Crippen LogP contribution in [0.2, 0.25) is 0 Å². The minimum absolute atomic E-state index is 0.123. The average Bonchev–Trinajstić information content (AvgIpc) is 2.81. The molecule has 170 valence electrons. The smallest absolute Gasteiger partial charge is 0.263 e. The van der Waals surface area contributed by atoms with E-state index in [0.717, 1.165) is 29.8 Å². The SMILES string of the molecule is CCCCOc1ccc(Nc2nc3ccccc3nc2NS(=O)(=O)c2ccc(C)cc2)cc1. The molecule has 1 aromatic heterocycles. The Morgan fingerprint density at radius 1 is 0.848 bits per heavy atom. The van der Waals surface area contributed by atoms with Gasteiger partial charge in [0.2, 0.25) is 0 Å². The highest BCUT2D eigenvalue weighted by Crippen LogP contribution is 2.28. The largest absolute Gasteiger partial charge is 0.494 e. The Morgan fingerprint density at radius 2 is 1.48 bits per heavy atom. The number of rotatable bonds is 9. The maximum absolute atomic E-state index is 13.0. The van der Waals surface area contributed by atoms with Crippen LogP contribution in [0.1, 0.15) is 25.3 Å². The molecule has 4 rings (SSSR count). The van der Waals surface area contributed by atoms with Crippen LogP contribution in [0, 0.1) is 6.92 Å². The van der Waals surface area contributed by atoms with Gasteiger partial charge in [0.05, 0.1) is 22.5 Å². The van der Waals surface area contributed by atoms with Gasteiger partial charge in [0, 0.05) is 5.69 Å². The Balaban J connectivity index is 1.64. The molecular formula is C25H26N4O3S. The highest BCUT2D eigenvalue weighted by molar-refractivity contribution is 7.92. The summed E-state index contributed by atoms with van der Waals surface area (Å²) in [6, 6.07) is 21.4. The van der Waals surface area contributed by atoms with Gasteiger partial charge < -0.3 is 10.1 Å². The fraction of sp³-hybridized carbons (Fsp3) is 0.200. The topological polar surface area (TPSA) is 93.2 Å². The van der Waals surface area contributed by atoms with E-state index in [1.54, 1.807) is 30.3 Å². The summed E-state index contributed by atoms with van der Waals surface area (Å²) in [6.07, 6.45) is 2.07. The predicted octanol–water partition coefficient (Wildman–Crippen LogP) is 5.66. The van der Waals surface area contributed by atoms with E-state index in [1.165, 1.54) is 0 Å². The van der Waals surface area contributed by atoms with Crippen molar-refractivity contribution in [3.05, 3.63) is 78.4 Å². The lowest BCUT2D eigenvalue weighted by molar-refractivity contribution is 0.309. The molecule has 0 amide bonds. The minimum atomic E-state index is -3.85. The number of aryl methyl sites for hydroxylation is 1. The Labute approximate surface area is 193 Å². The maximum atomic E-state index is 13.0. The Hall–Kier alpha value is -3.65. The number of fused-ring (bicyclic) bond motifs is 1. The monoisotopic (exact) mass is 462 g/mol. The molecule has 0 aliphatic carbocycles.